The molecule has 0 saturated carbocycles. The summed E-state index contributed by atoms with van der Waals surface area (Å²) < 4.78 is 7.89. The zero-order valence-corrected chi connectivity index (χ0v) is 19.4. The van der Waals surface area contributed by atoms with E-state index in [1.807, 2.05) is 19.3 Å². The molecule has 0 aliphatic carbocycles. The second-order valence-electron chi connectivity index (χ2n) is 9.48. The first-order valence-corrected chi connectivity index (χ1v) is 10.9. The van der Waals surface area contributed by atoms with Gasteiger partial charge in [0.2, 0.25) is 0 Å². The van der Waals surface area contributed by atoms with E-state index >= 15 is 0 Å². The van der Waals surface area contributed by atoms with Gasteiger partial charge in [-0.2, -0.15) is 5.10 Å². The van der Waals surface area contributed by atoms with Crippen molar-refractivity contribution in [3.8, 4) is 5.75 Å². The Bertz CT molecular complexity index is 866. The second-order valence-corrected chi connectivity index (χ2v) is 9.89. The molecule has 2 aromatic rings. The van der Waals surface area contributed by atoms with Crippen LogP contribution in [0, 0.1) is 5.41 Å². The van der Waals surface area contributed by atoms with Crippen molar-refractivity contribution < 1.29 is 9.53 Å². The summed E-state index contributed by atoms with van der Waals surface area (Å²) in [5, 5.41) is 4.62. The van der Waals surface area contributed by atoms with Gasteiger partial charge in [0.05, 0.1) is 11.2 Å². The molecule has 2 heterocycles. The maximum Gasteiger partial charge on any atom is 0.253 e. The number of hydrogen-bond donors (Lipinski definition) is 0. The summed E-state index contributed by atoms with van der Waals surface area (Å²) >= 11 is 6.46. The highest BCUT2D eigenvalue weighted by Crippen LogP contribution is 2.29. The Hall–Kier alpha value is -2.05. The quantitative estimate of drug-likeness (QED) is 0.685. The summed E-state index contributed by atoms with van der Waals surface area (Å²) in [4.78, 5) is 16.9. The fourth-order valence-corrected chi connectivity index (χ4v) is 4.11. The highest BCUT2D eigenvalue weighted by Gasteiger charge is 2.24. The van der Waals surface area contributed by atoms with E-state index in [2.05, 4.69) is 30.8 Å². The molecule has 7 heteroatoms. The zero-order chi connectivity index (χ0) is 21.9. The molecule has 3 rings (SSSR count). The van der Waals surface area contributed by atoms with E-state index in [0.29, 0.717) is 28.3 Å². The normalized spacial score (nSPS) is 15.9. The van der Waals surface area contributed by atoms with Crippen LogP contribution < -0.4 is 4.74 Å². The molecule has 1 aromatic heterocycles. The number of piperidine rings is 1. The first-order chi connectivity index (χ1) is 14.1. The van der Waals surface area contributed by atoms with Crippen molar-refractivity contribution in [1.29, 1.82) is 0 Å². The van der Waals surface area contributed by atoms with E-state index in [9.17, 15) is 4.79 Å². The van der Waals surface area contributed by atoms with Gasteiger partial charge < -0.3 is 14.5 Å². The van der Waals surface area contributed by atoms with Crippen LogP contribution >= 0.6 is 11.6 Å². The van der Waals surface area contributed by atoms with Crippen molar-refractivity contribution in [2.45, 2.75) is 46.3 Å². The van der Waals surface area contributed by atoms with Crippen molar-refractivity contribution in [2.24, 2.45) is 12.5 Å². The van der Waals surface area contributed by atoms with Crippen LogP contribution in [0.3, 0.4) is 0 Å². The molecule has 0 spiro atoms. The van der Waals surface area contributed by atoms with Gasteiger partial charge in [0.15, 0.2) is 0 Å². The van der Waals surface area contributed by atoms with Gasteiger partial charge in [0.25, 0.3) is 5.91 Å². The molecular weight excluding hydrogens is 400 g/mol. The number of likely N-dealkylation sites (tertiary alicyclic amines) is 1. The van der Waals surface area contributed by atoms with Crippen LogP contribution in [0.1, 0.15) is 49.5 Å². The van der Waals surface area contributed by atoms with E-state index in [0.717, 1.165) is 38.0 Å². The monoisotopic (exact) mass is 432 g/mol. The molecule has 1 aliphatic heterocycles. The number of hydrogen-bond acceptors (Lipinski definition) is 4. The lowest BCUT2D eigenvalue weighted by molar-refractivity contribution is 0.0782. The number of amides is 1. The van der Waals surface area contributed by atoms with E-state index in [1.54, 1.807) is 35.0 Å². The van der Waals surface area contributed by atoms with Crippen molar-refractivity contribution >= 4 is 17.5 Å². The van der Waals surface area contributed by atoms with E-state index in [4.69, 9.17) is 16.3 Å². The number of ether oxygens (including phenoxy) is 1. The minimum Gasteiger partial charge on any atom is -0.489 e. The van der Waals surface area contributed by atoms with Gasteiger partial charge in [0.1, 0.15) is 11.9 Å². The highest BCUT2D eigenvalue weighted by atomic mass is 35.5. The molecule has 0 unspecified atom stereocenters. The predicted octanol–water partition coefficient (Wildman–Crippen LogP) is 4.24. The number of rotatable bonds is 6. The van der Waals surface area contributed by atoms with Crippen LogP contribution in [0.15, 0.2) is 30.6 Å². The Morgan fingerprint density at radius 1 is 1.30 bits per heavy atom. The van der Waals surface area contributed by atoms with Crippen LogP contribution in [-0.4, -0.2) is 58.3 Å². The fraction of sp³-hybridized carbons (Fsp3) is 0.565. The Morgan fingerprint density at radius 3 is 2.57 bits per heavy atom. The van der Waals surface area contributed by atoms with Gasteiger partial charge in [-0.1, -0.05) is 32.4 Å². The minimum absolute atomic E-state index is 0.0807. The Balaban J connectivity index is 1.55. The molecule has 0 N–H and O–H groups in total. The third-order valence-electron chi connectivity index (χ3n) is 5.23. The first kappa shape index (κ1) is 22.6. The summed E-state index contributed by atoms with van der Waals surface area (Å²) in [6, 6.07) is 5.31. The number of aryl methyl sites for hydroxylation is 1. The standard InChI is InChI=1S/C23H33ClN4O2/c1-23(2,3)16-28-10-8-19(9-11-28)30-21-7-6-18(12-20(21)24)22(29)26(4)14-17-13-25-27(5)15-17/h6-7,12-13,15,19H,8-11,14,16H2,1-5H3. The van der Waals surface area contributed by atoms with E-state index in [1.165, 1.54) is 0 Å². The Morgan fingerprint density at radius 2 is 2.00 bits per heavy atom. The smallest absolute Gasteiger partial charge is 0.253 e. The van der Waals surface area contributed by atoms with Crippen LogP contribution in [0.5, 0.6) is 5.75 Å². The van der Waals surface area contributed by atoms with Gasteiger partial charge in [-0.15, -0.1) is 0 Å². The SMILES string of the molecule is CN(Cc1cnn(C)c1)C(=O)c1ccc(OC2CCN(CC(C)(C)C)CC2)c(Cl)c1. The minimum atomic E-state index is -0.0807. The summed E-state index contributed by atoms with van der Waals surface area (Å²) in [6.45, 7) is 10.5. The van der Waals surface area contributed by atoms with Crippen molar-refractivity contribution in [3.05, 3.63) is 46.7 Å². The summed E-state index contributed by atoms with van der Waals surface area (Å²) in [6.07, 6.45) is 5.80. The topological polar surface area (TPSA) is 50.6 Å². The average Bonchev–Trinajstić information content (AvgIpc) is 3.07. The number of benzene rings is 1. The van der Waals surface area contributed by atoms with Gasteiger partial charge in [0, 0.05) is 57.6 Å². The fourth-order valence-electron chi connectivity index (χ4n) is 3.88. The third-order valence-corrected chi connectivity index (χ3v) is 5.53. The molecule has 164 valence electrons. The van der Waals surface area contributed by atoms with Crippen LogP contribution in [0.25, 0.3) is 0 Å². The van der Waals surface area contributed by atoms with Gasteiger partial charge in [-0.05, 0) is 36.5 Å². The second kappa shape index (κ2) is 9.40. The largest absolute Gasteiger partial charge is 0.489 e. The molecule has 1 aromatic carbocycles. The molecule has 30 heavy (non-hydrogen) atoms. The summed E-state index contributed by atoms with van der Waals surface area (Å²) in [5.74, 6) is 0.570. The average molecular weight is 433 g/mol. The van der Waals surface area contributed by atoms with Crippen molar-refractivity contribution in [1.82, 2.24) is 19.6 Å². The van der Waals surface area contributed by atoms with Crippen LogP contribution in [-0.2, 0) is 13.6 Å². The number of carbonyl (C=O) groups excluding carboxylic acids is 1. The first-order valence-electron chi connectivity index (χ1n) is 10.5. The lowest BCUT2D eigenvalue weighted by Gasteiger charge is -2.36. The molecular formula is C23H33ClN4O2. The number of halogens is 1. The summed E-state index contributed by atoms with van der Waals surface area (Å²) in [5.41, 5.74) is 1.85. The number of carbonyl (C=O) groups is 1. The molecule has 1 amide bonds. The van der Waals surface area contributed by atoms with E-state index < -0.39 is 0 Å². The molecule has 0 bridgehead atoms. The maximum atomic E-state index is 12.8. The van der Waals surface area contributed by atoms with Gasteiger partial charge in [-0.3, -0.25) is 9.48 Å². The lowest BCUT2D eigenvalue weighted by Crippen LogP contribution is -2.42. The molecule has 1 fully saturated rings. The molecule has 0 atom stereocenters. The number of nitrogens with zero attached hydrogens (tertiary/aromatic N) is 4. The third kappa shape index (κ3) is 6.22. The van der Waals surface area contributed by atoms with Gasteiger partial charge >= 0.3 is 0 Å². The van der Waals surface area contributed by atoms with Crippen LogP contribution in [0.2, 0.25) is 5.02 Å². The maximum absolute atomic E-state index is 12.8. The zero-order valence-electron chi connectivity index (χ0n) is 18.7. The Labute approximate surface area is 184 Å². The van der Waals surface area contributed by atoms with Crippen molar-refractivity contribution in [2.75, 3.05) is 26.7 Å². The lowest BCUT2D eigenvalue weighted by atomic mass is 9.94. The number of aromatic nitrogens is 2. The summed E-state index contributed by atoms with van der Waals surface area (Å²) in [7, 11) is 3.64. The molecule has 0 radical (unpaired) electrons. The van der Waals surface area contributed by atoms with Gasteiger partial charge in [-0.25, -0.2) is 0 Å². The highest BCUT2D eigenvalue weighted by molar-refractivity contribution is 6.32. The molecule has 1 aliphatic rings. The Kier molecular flexibility index (Phi) is 7.09. The molecule has 6 nitrogen and oxygen atoms in total. The molecule has 1 saturated heterocycles. The van der Waals surface area contributed by atoms with Crippen LogP contribution in [0.4, 0.5) is 0 Å². The predicted molar refractivity (Wildman–Crippen MR) is 120 cm³/mol. The van der Waals surface area contributed by atoms with E-state index in [-0.39, 0.29) is 12.0 Å². The van der Waals surface area contributed by atoms with Crippen molar-refractivity contribution in [3.63, 3.8) is 0 Å².